The molecule has 0 fully saturated rings. The van der Waals surface area contributed by atoms with Gasteiger partial charge in [-0.15, -0.1) is 13.2 Å². The maximum absolute atomic E-state index is 12.1. The first-order chi connectivity index (χ1) is 11.1. The van der Waals surface area contributed by atoms with E-state index in [4.69, 9.17) is 4.74 Å². The minimum Gasteiger partial charge on any atom is -0.491 e. The van der Waals surface area contributed by atoms with Crippen LogP contribution < -0.4 is 10.1 Å². The highest BCUT2D eigenvalue weighted by molar-refractivity contribution is 5.51. The Morgan fingerprint density at radius 3 is 2.21 bits per heavy atom. The Balaban J connectivity index is 2.83. The quantitative estimate of drug-likeness (QED) is 0.486. The molecule has 0 aliphatic heterocycles. The number of alkyl halides is 3. The van der Waals surface area contributed by atoms with Crippen LogP contribution in [0, 0.1) is 0 Å². The summed E-state index contributed by atoms with van der Waals surface area (Å²) in [5.41, 5.74) is 2.61. The van der Waals surface area contributed by atoms with E-state index >= 15 is 0 Å². The Hall–Kier alpha value is -2.11. The molecule has 1 aromatic rings. The van der Waals surface area contributed by atoms with Crippen molar-refractivity contribution in [3.63, 3.8) is 0 Å². The van der Waals surface area contributed by atoms with Gasteiger partial charge in [0.1, 0.15) is 11.5 Å². The summed E-state index contributed by atoms with van der Waals surface area (Å²) >= 11 is 0. The summed E-state index contributed by atoms with van der Waals surface area (Å²) in [4.78, 5) is 0. The molecule has 1 N–H and O–H groups in total. The monoisotopic (exact) mass is 343 g/mol. The first kappa shape index (κ1) is 19.9. The van der Waals surface area contributed by atoms with E-state index in [1.807, 2.05) is 33.8 Å². The third-order valence-electron chi connectivity index (χ3n) is 3.09. The Labute approximate surface area is 141 Å². The first-order valence-corrected chi connectivity index (χ1v) is 7.78. The molecule has 0 spiro atoms. The van der Waals surface area contributed by atoms with E-state index in [0.29, 0.717) is 5.69 Å². The van der Waals surface area contributed by atoms with Crippen LogP contribution in [-0.2, 0) is 4.74 Å². The molecule has 134 valence electrons. The molecule has 6 heteroatoms. The fourth-order valence-electron chi connectivity index (χ4n) is 1.89. The molecule has 1 aromatic carbocycles. The number of rotatable bonds is 7. The molecule has 1 rings (SSSR count). The summed E-state index contributed by atoms with van der Waals surface area (Å²) in [5.74, 6) is 0.551. The van der Waals surface area contributed by atoms with Crippen molar-refractivity contribution in [2.45, 2.75) is 53.5 Å². The topological polar surface area (TPSA) is 30.5 Å². The highest BCUT2D eigenvalue weighted by Gasteiger charge is 2.30. The van der Waals surface area contributed by atoms with Crippen LogP contribution in [0.5, 0.6) is 5.75 Å². The summed E-state index contributed by atoms with van der Waals surface area (Å²) < 4.78 is 46.1. The smallest absolute Gasteiger partial charge is 0.491 e. The molecule has 0 bridgehead atoms. The number of anilines is 1. The van der Waals surface area contributed by atoms with Crippen molar-refractivity contribution in [2.24, 2.45) is 0 Å². The van der Waals surface area contributed by atoms with Crippen molar-refractivity contribution < 1.29 is 22.6 Å². The zero-order valence-corrected chi connectivity index (χ0v) is 14.6. The molecular formula is C18H24F3NO2. The summed E-state index contributed by atoms with van der Waals surface area (Å²) in [6.45, 7) is 9.84. The average molecular weight is 343 g/mol. The van der Waals surface area contributed by atoms with Gasteiger partial charge in [-0.3, -0.25) is 0 Å². The van der Waals surface area contributed by atoms with Crippen LogP contribution in [0.4, 0.5) is 18.9 Å². The summed E-state index contributed by atoms with van der Waals surface area (Å²) in [7, 11) is 0. The van der Waals surface area contributed by atoms with E-state index < -0.39 is 6.36 Å². The zero-order valence-electron chi connectivity index (χ0n) is 14.6. The van der Waals surface area contributed by atoms with Crippen LogP contribution in [0.1, 0.15) is 41.0 Å². The Morgan fingerprint density at radius 2 is 1.75 bits per heavy atom. The summed E-state index contributed by atoms with van der Waals surface area (Å²) in [5, 5.41) is 3.12. The number of nitrogens with one attached hydrogen (secondary N) is 1. The molecule has 0 aromatic heterocycles. The third kappa shape index (κ3) is 7.44. The molecule has 0 aliphatic rings. The van der Waals surface area contributed by atoms with Gasteiger partial charge >= 0.3 is 6.36 Å². The Kier molecular flexibility index (Phi) is 7.19. The lowest BCUT2D eigenvalue weighted by molar-refractivity contribution is -0.274. The van der Waals surface area contributed by atoms with Crippen LogP contribution in [0.25, 0.3) is 0 Å². The molecule has 0 atom stereocenters. The van der Waals surface area contributed by atoms with Gasteiger partial charge in [0, 0.05) is 11.4 Å². The highest BCUT2D eigenvalue weighted by Crippen LogP contribution is 2.24. The van der Waals surface area contributed by atoms with E-state index in [1.165, 1.54) is 24.3 Å². The van der Waals surface area contributed by atoms with Crippen molar-refractivity contribution in [1.29, 1.82) is 0 Å². The fraction of sp³-hybridized carbons (Fsp3) is 0.444. The molecular weight excluding hydrogens is 319 g/mol. The second-order valence-electron chi connectivity index (χ2n) is 5.69. The number of hydrogen-bond acceptors (Lipinski definition) is 3. The average Bonchev–Trinajstić information content (AvgIpc) is 2.45. The molecule has 0 aliphatic carbocycles. The Bertz CT molecular complexity index is 587. The van der Waals surface area contributed by atoms with E-state index in [1.54, 1.807) is 0 Å². The lowest BCUT2D eigenvalue weighted by Gasteiger charge is -2.15. The lowest BCUT2D eigenvalue weighted by atomic mass is 10.2. The fourth-order valence-corrected chi connectivity index (χ4v) is 1.89. The molecule has 0 heterocycles. The highest BCUT2D eigenvalue weighted by atomic mass is 19.4. The number of hydrogen-bond donors (Lipinski definition) is 1. The Morgan fingerprint density at radius 1 is 1.17 bits per heavy atom. The molecule has 0 saturated carbocycles. The molecule has 0 amide bonds. The van der Waals surface area contributed by atoms with Crippen molar-refractivity contribution in [3.8, 4) is 5.75 Å². The van der Waals surface area contributed by atoms with Crippen LogP contribution in [0.15, 0.2) is 47.4 Å². The first-order valence-electron chi connectivity index (χ1n) is 7.78. The second kappa shape index (κ2) is 8.66. The SMILES string of the molecule is CCC(C)=C(/C=C(/C)Nc1ccc(OC(F)(F)F)cc1)OC(C)C. The molecule has 0 unspecified atom stereocenters. The largest absolute Gasteiger partial charge is 0.573 e. The van der Waals surface area contributed by atoms with Crippen LogP contribution >= 0.6 is 0 Å². The van der Waals surface area contributed by atoms with Gasteiger partial charge in [0.25, 0.3) is 0 Å². The summed E-state index contributed by atoms with van der Waals surface area (Å²) in [6, 6.07) is 5.58. The number of allylic oxidation sites excluding steroid dienone is 3. The molecule has 0 radical (unpaired) electrons. The maximum atomic E-state index is 12.1. The number of halogens is 3. The van der Waals surface area contributed by atoms with E-state index in [2.05, 4.69) is 17.0 Å². The van der Waals surface area contributed by atoms with E-state index in [-0.39, 0.29) is 11.9 Å². The van der Waals surface area contributed by atoms with Gasteiger partial charge in [0.15, 0.2) is 0 Å². The van der Waals surface area contributed by atoms with Crippen molar-refractivity contribution in [3.05, 3.63) is 47.4 Å². The van der Waals surface area contributed by atoms with Gasteiger partial charge in [-0.1, -0.05) is 6.92 Å². The van der Waals surface area contributed by atoms with Crippen LogP contribution in [0.2, 0.25) is 0 Å². The van der Waals surface area contributed by atoms with E-state index in [9.17, 15) is 13.2 Å². The van der Waals surface area contributed by atoms with Gasteiger partial charge in [-0.25, -0.2) is 0 Å². The normalized spacial score (nSPS) is 13.6. The summed E-state index contributed by atoms with van der Waals surface area (Å²) in [6.07, 6.45) is -1.87. The van der Waals surface area contributed by atoms with Crippen molar-refractivity contribution >= 4 is 5.69 Å². The van der Waals surface area contributed by atoms with Crippen molar-refractivity contribution in [2.75, 3.05) is 5.32 Å². The van der Waals surface area contributed by atoms with Crippen LogP contribution in [-0.4, -0.2) is 12.5 Å². The van der Waals surface area contributed by atoms with Crippen LogP contribution in [0.3, 0.4) is 0 Å². The van der Waals surface area contributed by atoms with Gasteiger partial charge in [-0.05, 0) is 70.0 Å². The standard InChI is InChI=1S/C18H24F3NO2/c1-6-13(4)17(23-12(2)3)11-14(5)22-15-7-9-16(10-8-15)24-18(19,20)21/h7-12,22H,6H2,1-5H3/b14-11-,17-13?. The van der Waals surface area contributed by atoms with E-state index in [0.717, 1.165) is 23.5 Å². The minimum atomic E-state index is -4.68. The number of benzene rings is 1. The zero-order chi connectivity index (χ0) is 18.3. The molecule has 3 nitrogen and oxygen atoms in total. The molecule has 0 saturated heterocycles. The maximum Gasteiger partial charge on any atom is 0.573 e. The third-order valence-corrected chi connectivity index (χ3v) is 3.09. The van der Waals surface area contributed by atoms with Gasteiger partial charge in [0.2, 0.25) is 0 Å². The lowest BCUT2D eigenvalue weighted by Crippen LogP contribution is -2.17. The number of ether oxygens (including phenoxy) is 2. The molecule has 24 heavy (non-hydrogen) atoms. The van der Waals surface area contributed by atoms with Gasteiger partial charge in [0.05, 0.1) is 6.10 Å². The van der Waals surface area contributed by atoms with Crippen molar-refractivity contribution in [1.82, 2.24) is 0 Å². The minimum absolute atomic E-state index is 0.0596. The van der Waals surface area contributed by atoms with Gasteiger partial charge in [-0.2, -0.15) is 0 Å². The predicted octanol–water partition coefficient (Wildman–Crippen LogP) is 6.01. The predicted molar refractivity (Wildman–Crippen MR) is 89.7 cm³/mol. The van der Waals surface area contributed by atoms with Gasteiger partial charge < -0.3 is 14.8 Å². The second-order valence-corrected chi connectivity index (χ2v) is 5.69.